The van der Waals surface area contributed by atoms with E-state index in [1.54, 1.807) is 23.1 Å². The number of likely N-dealkylation sites (tertiary alicyclic amines) is 1. The quantitative estimate of drug-likeness (QED) is 0.474. The molecule has 29 heavy (non-hydrogen) atoms. The number of rotatable bonds is 5. The molecule has 1 saturated heterocycles. The van der Waals surface area contributed by atoms with Gasteiger partial charge < -0.3 is 4.90 Å². The molecule has 0 aliphatic carbocycles. The van der Waals surface area contributed by atoms with E-state index in [4.69, 9.17) is 4.98 Å². The molecule has 4 aromatic rings. The lowest BCUT2D eigenvalue weighted by Gasteiger charge is -2.23. The number of thioether (sulfide) groups is 1. The number of para-hydroxylation sites is 1. The number of fused-ring (bicyclic) bond motifs is 1. The number of aromatic nitrogens is 4. The molecule has 0 spiro atoms. The number of amides is 1. The second-order valence-corrected chi connectivity index (χ2v) is 8.98. The number of carbonyl (C=O) groups excluding carboxylic acids is 1. The number of hydrogen-bond donors (Lipinski definition) is 1. The van der Waals surface area contributed by atoms with E-state index in [0.717, 1.165) is 51.9 Å². The minimum absolute atomic E-state index is 0.0709. The van der Waals surface area contributed by atoms with Crippen molar-refractivity contribution in [2.45, 2.75) is 29.8 Å². The third-order valence-corrected chi connectivity index (χ3v) is 7.16. The molecular formula is C21H19N5OS2. The standard InChI is InChI=1S/C21H19N5OS2/c27-20(15-9-7-14(8-10-15)12-28-21-22-13-23-25-21)26-11-3-5-17(26)19-24-16-4-1-2-6-18(16)29-19/h1-2,4,6-10,13,17H,3,5,11-12H2,(H,22,23,25). The van der Waals surface area contributed by atoms with Crippen molar-refractivity contribution >= 4 is 39.2 Å². The summed E-state index contributed by atoms with van der Waals surface area (Å²) < 4.78 is 1.18. The van der Waals surface area contributed by atoms with Crippen molar-refractivity contribution in [1.29, 1.82) is 0 Å². The van der Waals surface area contributed by atoms with Crippen LogP contribution in [0.25, 0.3) is 10.2 Å². The summed E-state index contributed by atoms with van der Waals surface area (Å²) in [5.74, 6) is 0.864. The van der Waals surface area contributed by atoms with Crippen molar-refractivity contribution in [3.8, 4) is 0 Å². The van der Waals surface area contributed by atoms with E-state index < -0.39 is 0 Å². The van der Waals surface area contributed by atoms with Crippen LogP contribution < -0.4 is 0 Å². The van der Waals surface area contributed by atoms with E-state index in [-0.39, 0.29) is 11.9 Å². The van der Waals surface area contributed by atoms with Gasteiger partial charge in [0.1, 0.15) is 11.3 Å². The zero-order chi connectivity index (χ0) is 19.6. The first-order valence-electron chi connectivity index (χ1n) is 9.51. The molecule has 5 rings (SSSR count). The summed E-state index contributed by atoms with van der Waals surface area (Å²) in [6, 6.07) is 16.1. The summed E-state index contributed by atoms with van der Waals surface area (Å²) in [5, 5.41) is 8.52. The lowest BCUT2D eigenvalue weighted by atomic mass is 10.1. The molecule has 2 aromatic heterocycles. The molecule has 1 N–H and O–H groups in total. The van der Waals surface area contributed by atoms with Crippen LogP contribution in [0.3, 0.4) is 0 Å². The summed E-state index contributed by atoms with van der Waals surface area (Å²) in [5.41, 5.74) is 2.89. The van der Waals surface area contributed by atoms with Gasteiger partial charge in [0, 0.05) is 17.9 Å². The number of nitrogens with zero attached hydrogens (tertiary/aromatic N) is 4. The van der Waals surface area contributed by atoms with Gasteiger partial charge >= 0.3 is 0 Å². The summed E-state index contributed by atoms with van der Waals surface area (Å²) in [6.45, 7) is 0.780. The topological polar surface area (TPSA) is 74.8 Å². The van der Waals surface area contributed by atoms with Crippen LogP contribution >= 0.6 is 23.1 Å². The largest absolute Gasteiger partial charge is 0.329 e. The Hall–Kier alpha value is -2.71. The van der Waals surface area contributed by atoms with Gasteiger partial charge in [-0.15, -0.1) is 11.3 Å². The van der Waals surface area contributed by atoms with Gasteiger partial charge in [-0.25, -0.2) is 9.97 Å². The minimum atomic E-state index is 0.0709. The number of benzene rings is 2. The molecule has 1 fully saturated rings. The van der Waals surface area contributed by atoms with Gasteiger partial charge in [-0.05, 0) is 42.7 Å². The molecule has 0 bridgehead atoms. The SMILES string of the molecule is O=C(c1ccc(CSc2ncn[nH]2)cc1)N1CCCC1c1nc2ccccc2s1. The summed E-state index contributed by atoms with van der Waals surface area (Å²) in [6.07, 6.45) is 3.48. The number of nitrogens with one attached hydrogen (secondary N) is 1. The van der Waals surface area contributed by atoms with E-state index in [2.05, 4.69) is 21.2 Å². The van der Waals surface area contributed by atoms with Gasteiger partial charge in [0.15, 0.2) is 5.16 Å². The van der Waals surface area contributed by atoms with Gasteiger partial charge in [0.2, 0.25) is 0 Å². The maximum atomic E-state index is 13.2. The van der Waals surface area contributed by atoms with Crippen molar-refractivity contribution in [3.63, 3.8) is 0 Å². The molecule has 3 heterocycles. The Balaban J connectivity index is 1.31. The molecule has 0 radical (unpaired) electrons. The normalized spacial score (nSPS) is 16.6. The highest BCUT2D eigenvalue weighted by Gasteiger charge is 2.32. The average Bonchev–Trinajstić information content (AvgIpc) is 3.52. The van der Waals surface area contributed by atoms with Crippen molar-refractivity contribution in [3.05, 3.63) is 71.0 Å². The molecule has 1 amide bonds. The zero-order valence-electron chi connectivity index (χ0n) is 15.6. The van der Waals surface area contributed by atoms with Gasteiger partial charge in [0.05, 0.1) is 16.3 Å². The second-order valence-electron chi connectivity index (χ2n) is 6.95. The highest BCUT2D eigenvalue weighted by molar-refractivity contribution is 7.98. The Bertz CT molecular complexity index is 1090. The van der Waals surface area contributed by atoms with Gasteiger partial charge in [-0.3, -0.25) is 9.89 Å². The molecule has 1 unspecified atom stereocenters. The first-order valence-corrected chi connectivity index (χ1v) is 11.3. The fourth-order valence-electron chi connectivity index (χ4n) is 3.62. The third-order valence-electron chi connectivity index (χ3n) is 5.08. The average molecular weight is 422 g/mol. The highest BCUT2D eigenvalue weighted by atomic mass is 32.2. The Kier molecular flexibility index (Phi) is 5.03. The van der Waals surface area contributed by atoms with Crippen molar-refractivity contribution in [2.75, 3.05) is 6.54 Å². The number of carbonyl (C=O) groups is 1. The molecule has 2 aromatic carbocycles. The van der Waals surface area contributed by atoms with Crippen LogP contribution in [0.1, 0.15) is 39.8 Å². The molecular weight excluding hydrogens is 402 g/mol. The molecule has 1 aliphatic rings. The van der Waals surface area contributed by atoms with Crippen LogP contribution in [-0.4, -0.2) is 37.5 Å². The molecule has 6 nitrogen and oxygen atoms in total. The smallest absolute Gasteiger partial charge is 0.254 e. The predicted octanol–water partition coefficient (Wildman–Crippen LogP) is 4.68. The van der Waals surface area contributed by atoms with Gasteiger partial charge in [0.25, 0.3) is 5.91 Å². The lowest BCUT2D eigenvalue weighted by molar-refractivity contribution is 0.0735. The molecule has 1 atom stereocenters. The minimum Gasteiger partial charge on any atom is -0.329 e. The van der Waals surface area contributed by atoms with E-state index in [1.165, 1.54) is 11.0 Å². The number of thiazole rings is 1. The fraction of sp³-hybridized carbons (Fsp3) is 0.238. The molecule has 1 aliphatic heterocycles. The van der Waals surface area contributed by atoms with E-state index in [9.17, 15) is 4.79 Å². The van der Waals surface area contributed by atoms with Crippen LogP contribution in [-0.2, 0) is 5.75 Å². The van der Waals surface area contributed by atoms with E-state index in [1.807, 2.05) is 47.4 Å². The maximum Gasteiger partial charge on any atom is 0.254 e. The summed E-state index contributed by atoms with van der Waals surface area (Å²) >= 11 is 3.28. The maximum absolute atomic E-state index is 13.2. The Morgan fingerprint density at radius 3 is 2.86 bits per heavy atom. The van der Waals surface area contributed by atoms with Crippen LogP contribution in [0.4, 0.5) is 0 Å². The lowest BCUT2D eigenvalue weighted by Crippen LogP contribution is -2.30. The van der Waals surface area contributed by atoms with Crippen LogP contribution in [0.15, 0.2) is 60.0 Å². The van der Waals surface area contributed by atoms with E-state index in [0.29, 0.717) is 0 Å². The Morgan fingerprint density at radius 1 is 1.21 bits per heavy atom. The Labute approximate surface area is 176 Å². The van der Waals surface area contributed by atoms with Crippen LogP contribution in [0.2, 0.25) is 0 Å². The highest BCUT2D eigenvalue weighted by Crippen LogP contribution is 2.37. The number of aromatic amines is 1. The van der Waals surface area contributed by atoms with Crippen molar-refractivity contribution in [1.82, 2.24) is 25.1 Å². The third kappa shape index (κ3) is 3.77. The molecule has 8 heteroatoms. The molecule has 146 valence electrons. The monoisotopic (exact) mass is 421 g/mol. The fourth-order valence-corrected chi connectivity index (χ4v) is 5.47. The number of H-pyrrole nitrogens is 1. The second kappa shape index (κ2) is 7.96. The summed E-state index contributed by atoms with van der Waals surface area (Å²) in [7, 11) is 0. The van der Waals surface area contributed by atoms with Crippen molar-refractivity contribution < 1.29 is 4.79 Å². The van der Waals surface area contributed by atoms with Gasteiger partial charge in [-0.2, -0.15) is 5.10 Å². The van der Waals surface area contributed by atoms with Crippen molar-refractivity contribution in [2.24, 2.45) is 0 Å². The molecule has 0 saturated carbocycles. The first kappa shape index (κ1) is 18.3. The van der Waals surface area contributed by atoms with Gasteiger partial charge in [-0.1, -0.05) is 36.0 Å². The van der Waals surface area contributed by atoms with E-state index >= 15 is 0 Å². The number of hydrogen-bond acceptors (Lipinski definition) is 6. The zero-order valence-corrected chi connectivity index (χ0v) is 17.2. The Morgan fingerprint density at radius 2 is 2.07 bits per heavy atom. The first-order chi connectivity index (χ1) is 14.3. The predicted molar refractivity (Wildman–Crippen MR) is 115 cm³/mol. The van der Waals surface area contributed by atoms with Crippen LogP contribution in [0, 0.1) is 0 Å². The summed E-state index contributed by atoms with van der Waals surface area (Å²) in [4.78, 5) is 24.1. The van der Waals surface area contributed by atoms with Crippen LogP contribution in [0.5, 0.6) is 0 Å².